The van der Waals surface area contributed by atoms with Crippen molar-refractivity contribution in [2.24, 2.45) is 0 Å². The summed E-state index contributed by atoms with van der Waals surface area (Å²) in [6.45, 7) is 2.14. The van der Waals surface area contributed by atoms with E-state index in [-0.39, 0.29) is 36.7 Å². The molecule has 1 N–H and O–H groups in total. The van der Waals surface area contributed by atoms with Crippen LogP contribution in [0.2, 0.25) is 0 Å². The van der Waals surface area contributed by atoms with Crippen LogP contribution in [0.25, 0.3) is 0 Å². The molecule has 3 aliphatic rings. The van der Waals surface area contributed by atoms with E-state index in [4.69, 9.17) is 9.47 Å². The van der Waals surface area contributed by atoms with Crippen LogP contribution in [-0.2, 0) is 32.3 Å². The number of amides is 4. The lowest BCUT2D eigenvalue weighted by Crippen LogP contribution is -2.53. The van der Waals surface area contributed by atoms with Gasteiger partial charge < -0.3 is 19.3 Å². The molecule has 2 saturated heterocycles. The van der Waals surface area contributed by atoms with E-state index in [0.29, 0.717) is 44.0 Å². The molecular formula is C25H27B2N3O6. The van der Waals surface area contributed by atoms with Crippen LogP contribution in [0.4, 0.5) is 0 Å². The molecule has 9 nitrogen and oxygen atoms in total. The van der Waals surface area contributed by atoms with E-state index in [1.54, 1.807) is 9.80 Å². The summed E-state index contributed by atoms with van der Waals surface area (Å²) in [5.41, 5.74) is 4.15. The minimum Gasteiger partial charge on any atom is -0.489 e. The zero-order valence-electron chi connectivity index (χ0n) is 20.4. The third-order valence-corrected chi connectivity index (χ3v) is 7.12. The van der Waals surface area contributed by atoms with Crippen LogP contribution in [0, 0.1) is 0 Å². The predicted molar refractivity (Wildman–Crippen MR) is 135 cm³/mol. The summed E-state index contributed by atoms with van der Waals surface area (Å²) in [5.74, 6) is -0.711. The molecule has 0 saturated carbocycles. The minimum atomic E-state index is -0.684. The largest absolute Gasteiger partial charge is 0.489 e. The molecule has 0 radical (unpaired) electrons. The van der Waals surface area contributed by atoms with Crippen LogP contribution < -0.4 is 15.5 Å². The Kier molecular flexibility index (Phi) is 6.57. The molecular weight excluding hydrogens is 460 g/mol. The normalized spacial score (nSPS) is 22.0. The van der Waals surface area contributed by atoms with E-state index < -0.39 is 11.9 Å². The Morgan fingerprint density at radius 1 is 1.06 bits per heavy atom. The van der Waals surface area contributed by atoms with Gasteiger partial charge in [0.05, 0.1) is 6.61 Å². The molecule has 184 valence electrons. The first-order chi connectivity index (χ1) is 17.3. The van der Waals surface area contributed by atoms with Crippen LogP contribution in [0.15, 0.2) is 36.4 Å². The highest BCUT2D eigenvalue weighted by molar-refractivity contribution is 6.38. The average molecular weight is 487 g/mol. The maximum absolute atomic E-state index is 13.4. The van der Waals surface area contributed by atoms with Gasteiger partial charge in [-0.05, 0) is 23.6 Å². The van der Waals surface area contributed by atoms with Crippen molar-refractivity contribution in [1.29, 1.82) is 0 Å². The number of fused-ring (bicyclic) bond motifs is 1. The van der Waals surface area contributed by atoms with E-state index >= 15 is 0 Å². The zero-order valence-corrected chi connectivity index (χ0v) is 20.4. The molecule has 0 bridgehead atoms. The Morgan fingerprint density at radius 2 is 1.81 bits per heavy atom. The number of carbonyl (C=O) groups is 4. The van der Waals surface area contributed by atoms with Crippen molar-refractivity contribution in [2.75, 3.05) is 19.8 Å². The van der Waals surface area contributed by atoms with Crippen molar-refractivity contribution >= 4 is 44.8 Å². The monoisotopic (exact) mass is 487 g/mol. The molecule has 5 rings (SSSR count). The van der Waals surface area contributed by atoms with E-state index in [1.165, 1.54) is 0 Å². The van der Waals surface area contributed by atoms with Crippen LogP contribution in [-0.4, -0.2) is 74.9 Å². The van der Waals surface area contributed by atoms with Crippen LogP contribution in [0.1, 0.15) is 45.8 Å². The molecule has 4 amide bonds. The van der Waals surface area contributed by atoms with Gasteiger partial charge in [-0.25, -0.2) is 0 Å². The maximum atomic E-state index is 13.4. The van der Waals surface area contributed by atoms with Gasteiger partial charge in [0.25, 0.3) is 5.91 Å². The Labute approximate surface area is 210 Å². The molecule has 2 fully saturated rings. The van der Waals surface area contributed by atoms with Gasteiger partial charge in [0.2, 0.25) is 17.7 Å². The molecule has 2 aromatic rings. The molecule has 0 aromatic heterocycles. The van der Waals surface area contributed by atoms with Crippen molar-refractivity contribution < 1.29 is 28.7 Å². The highest BCUT2D eigenvalue weighted by atomic mass is 16.5. The van der Waals surface area contributed by atoms with Crippen molar-refractivity contribution in [3.8, 4) is 5.75 Å². The van der Waals surface area contributed by atoms with Gasteiger partial charge in [0, 0.05) is 36.6 Å². The fourth-order valence-corrected chi connectivity index (χ4v) is 5.18. The number of ether oxygens (including phenoxy) is 2. The maximum Gasteiger partial charge on any atom is 0.254 e. The summed E-state index contributed by atoms with van der Waals surface area (Å²) >= 11 is 0. The number of hydrogen-bond donors (Lipinski definition) is 1. The first-order valence-electron chi connectivity index (χ1n) is 12.2. The Bertz CT molecular complexity index is 1240. The SMILES string of the molecule is Bc1ccc(OCc2ccc(CN3CCOCC3=O)cc2)c2c1C(=O)N(C1CCC(=O)NC1=O)C2B. The number of hydrogen-bond acceptors (Lipinski definition) is 6. The summed E-state index contributed by atoms with van der Waals surface area (Å²) < 4.78 is 11.4. The summed E-state index contributed by atoms with van der Waals surface area (Å²) in [6, 6.07) is 10.9. The molecule has 0 spiro atoms. The molecule has 3 heterocycles. The van der Waals surface area contributed by atoms with Crippen molar-refractivity contribution in [3.63, 3.8) is 0 Å². The number of nitrogens with zero attached hydrogens (tertiary/aromatic N) is 2. The highest BCUT2D eigenvalue weighted by Crippen LogP contribution is 2.39. The van der Waals surface area contributed by atoms with E-state index in [9.17, 15) is 19.2 Å². The summed E-state index contributed by atoms with van der Waals surface area (Å²) in [7, 11) is 3.76. The third kappa shape index (κ3) is 4.51. The van der Waals surface area contributed by atoms with Gasteiger partial charge >= 0.3 is 0 Å². The molecule has 2 unspecified atom stereocenters. The van der Waals surface area contributed by atoms with E-state index in [0.717, 1.165) is 22.2 Å². The number of morpholine rings is 1. The summed E-state index contributed by atoms with van der Waals surface area (Å²) in [5, 5.41) is 2.35. The lowest BCUT2D eigenvalue weighted by atomic mass is 9.82. The Balaban J connectivity index is 1.30. The van der Waals surface area contributed by atoms with Crippen molar-refractivity contribution in [3.05, 3.63) is 58.7 Å². The zero-order chi connectivity index (χ0) is 25.4. The molecule has 36 heavy (non-hydrogen) atoms. The summed E-state index contributed by atoms with van der Waals surface area (Å²) in [4.78, 5) is 52.8. The Morgan fingerprint density at radius 3 is 2.53 bits per heavy atom. The second kappa shape index (κ2) is 9.81. The van der Waals surface area contributed by atoms with Crippen molar-refractivity contribution in [1.82, 2.24) is 15.1 Å². The van der Waals surface area contributed by atoms with Gasteiger partial charge in [-0.2, -0.15) is 0 Å². The Hall–Kier alpha value is -3.59. The number of imide groups is 1. The van der Waals surface area contributed by atoms with Gasteiger partial charge in [0.15, 0.2) is 0 Å². The van der Waals surface area contributed by atoms with Crippen LogP contribution in [0.5, 0.6) is 5.75 Å². The topological polar surface area (TPSA) is 105 Å². The van der Waals surface area contributed by atoms with Crippen molar-refractivity contribution in [2.45, 2.75) is 38.0 Å². The van der Waals surface area contributed by atoms with E-state index in [2.05, 4.69) is 5.32 Å². The average Bonchev–Trinajstić information content (AvgIpc) is 3.12. The van der Waals surface area contributed by atoms with Crippen LogP contribution >= 0.6 is 0 Å². The highest BCUT2D eigenvalue weighted by Gasteiger charge is 2.44. The molecule has 3 aliphatic heterocycles. The standard InChI is InChI=1S/C25H27B2N3O6/c26-16-5-7-18(22-21(16)25(34)30(23(22)27)17-6-8-19(31)28-24(17)33)36-12-15-3-1-14(2-4-15)11-29-9-10-35-13-20(29)32/h1-5,7,17,23H,6,8-13,26-27H2,(H,28,31,33). The summed E-state index contributed by atoms with van der Waals surface area (Å²) in [6.07, 6.45) is 0.521. The van der Waals surface area contributed by atoms with Gasteiger partial charge in [-0.15, -0.1) is 0 Å². The lowest BCUT2D eigenvalue weighted by Gasteiger charge is -2.33. The fourth-order valence-electron chi connectivity index (χ4n) is 5.18. The van der Waals surface area contributed by atoms with Gasteiger partial charge in [-0.1, -0.05) is 35.8 Å². The second-order valence-electron chi connectivity index (χ2n) is 9.50. The quantitative estimate of drug-likeness (QED) is 0.405. The van der Waals surface area contributed by atoms with Gasteiger partial charge in [0.1, 0.15) is 40.7 Å². The predicted octanol–water partition coefficient (Wildman–Crippen LogP) is -1.22. The molecule has 11 heteroatoms. The minimum absolute atomic E-state index is 0.00287. The lowest BCUT2D eigenvalue weighted by molar-refractivity contribution is -0.143. The first-order valence-corrected chi connectivity index (χ1v) is 12.2. The number of nitrogens with one attached hydrogen (secondary N) is 1. The molecule has 2 atom stereocenters. The number of rotatable bonds is 6. The third-order valence-electron chi connectivity index (χ3n) is 7.12. The van der Waals surface area contributed by atoms with E-state index in [1.807, 2.05) is 52.1 Å². The molecule has 2 aromatic carbocycles. The number of carbonyl (C=O) groups excluding carboxylic acids is 4. The number of benzene rings is 2. The van der Waals surface area contributed by atoms with Crippen LogP contribution in [0.3, 0.4) is 0 Å². The number of piperidine rings is 1. The molecule has 0 aliphatic carbocycles. The smallest absolute Gasteiger partial charge is 0.254 e. The van der Waals surface area contributed by atoms with Gasteiger partial charge in [-0.3, -0.25) is 24.5 Å². The fraction of sp³-hybridized carbons (Fsp3) is 0.360. The second-order valence-corrected chi connectivity index (χ2v) is 9.50. The first kappa shape index (κ1) is 24.1.